The lowest BCUT2D eigenvalue weighted by Crippen LogP contribution is -2.21. The van der Waals surface area contributed by atoms with Crippen LogP contribution < -0.4 is 0 Å². The van der Waals surface area contributed by atoms with Gasteiger partial charge in [0.2, 0.25) is 0 Å². The number of aromatic nitrogens is 2. The highest BCUT2D eigenvalue weighted by Crippen LogP contribution is 2.11. The van der Waals surface area contributed by atoms with Crippen molar-refractivity contribution in [2.75, 3.05) is 13.1 Å². The monoisotopic (exact) mass is 167 g/mol. The average Bonchev–Trinajstić information content (AvgIpc) is 2.63. The zero-order chi connectivity index (χ0) is 8.39. The largest absolute Gasteiger partial charge is 0.392 e. The van der Waals surface area contributed by atoms with E-state index in [1.165, 1.54) is 0 Å². The number of imidazole rings is 1. The van der Waals surface area contributed by atoms with Crippen molar-refractivity contribution in [3.63, 3.8) is 0 Å². The summed E-state index contributed by atoms with van der Waals surface area (Å²) < 4.78 is 0. The maximum Gasteiger partial charge on any atom is 0.0922 e. The second-order valence-corrected chi connectivity index (χ2v) is 3.25. The SMILES string of the molecule is O[C@H]1CCN(Cc2cnc[nH]2)C1. The van der Waals surface area contributed by atoms with Crippen molar-refractivity contribution < 1.29 is 5.11 Å². The van der Waals surface area contributed by atoms with Gasteiger partial charge in [0.05, 0.1) is 12.4 Å². The summed E-state index contributed by atoms with van der Waals surface area (Å²) in [6.07, 6.45) is 4.27. The summed E-state index contributed by atoms with van der Waals surface area (Å²) in [5.41, 5.74) is 1.11. The van der Waals surface area contributed by atoms with E-state index in [0.29, 0.717) is 0 Å². The van der Waals surface area contributed by atoms with Gasteiger partial charge in [0.15, 0.2) is 0 Å². The number of rotatable bonds is 2. The van der Waals surface area contributed by atoms with E-state index in [9.17, 15) is 5.11 Å². The van der Waals surface area contributed by atoms with Crippen molar-refractivity contribution in [1.82, 2.24) is 14.9 Å². The Morgan fingerprint density at radius 3 is 3.25 bits per heavy atom. The van der Waals surface area contributed by atoms with Crippen molar-refractivity contribution in [3.8, 4) is 0 Å². The van der Waals surface area contributed by atoms with Crippen LogP contribution in [0.15, 0.2) is 12.5 Å². The minimum Gasteiger partial charge on any atom is -0.392 e. The van der Waals surface area contributed by atoms with Crippen LogP contribution in [-0.2, 0) is 6.54 Å². The fourth-order valence-corrected chi connectivity index (χ4v) is 1.57. The molecule has 0 aliphatic carbocycles. The lowest BCUT2D eigenvalue weighted by molar-refractivity contribution is 0.174. The quantitative estimate of drug-likeness (QED) is 0.650. The van der Waals surface area contributed by atoms with Crippen molar-refractivity contribution in [3.05, 3.63) is 18.2 Å². The fourth-order valence-electron chi connectivity index (χ4n) is 1.57. The number of hydrogen-bond donors (Lipinski definition) is 2. The number of nitrogens with zero attached hydrogens (tertiary/aromatic N) is 2. The fraction of sp³-hybridized carbons (Fsp3) is 0.625. The molecule has 0 aromatic carbocycles. The molecule has 2 N–H and O–H groups in total. The Balaban J connectivity index is 1.88. The lowest BCUT2D eigenvalue weighted by Gasteiger charge is -2.12. The summed E-state index contributed by atoms with van der Waals surface area (Å²) in [4.78, 5) is 9.20. The lowest BCUT2D eigenvalue weighted by atomic mass is 10.3. The van der Waals surface area contributed by atoms with Gasteiger partial charge in [0.1, 0.15) is 0 Å². The molecule has 2 rings (SSSR count). The topological polar surface area (TPSA) is 52.1 Å². The molecule has 1 fully saturated rings. The van der Waals surface area contributed by atoms with Gasteiger partial charge in [-0.2, -0.15) is 0 Å². The highest BCUT2D eigenvalue weighted by molar-refractivity contribution is 4.94. The molecule has 0 radical (unpaired) electrons. The normalized spacial score (nSPS) is 24.9. The molecule has 1 aromatic rings. The molecule has 1 aromatic heterocycles. The molecule has 2 heterocycles. The molecule has 66 valence electrons. The molecule has 1 saturated heterocycles. The third-order valence-corrected chi connectivity index (χ3v) is 2.20. The molecule has 0 amide bonds. The number of aliphatic hydroxyl groups is 1. The van der Waals surface area contributed by atoms with Gasteiger partial charge in [-0.25, -0.2) is 4.98 Å². The predicted molar refractivity (Wildman–Crippen MR) is 44.5 cm³/mol. The Bertz CT molecular complexity index is 234. The Morgan fingerprint density at radius 1 is 1.75 bits per heavy atom. The van der Waals surface area contributed by atoms with Gasteiger partial charge in [-0.1, -0.05) is 0 Å². The molecule has 0 saturated carbocycles. The third-order valence-electron chi connectivity index (χ3n) is 2.20. The second-order valence-electron chi connectivity index (χ2n) is 3.25. The summed E-state index contributed by atoms with van der Waals surface area (Å²) in [6, 6.07) is 0. The summed E-state index contributed by atoms with van der Waals surface area (Å²) in [5.74, 6) is 0. The number of likely N-dealkylation sites (tertiary alicyclic amines) is 1. The van der Waals surface area contributed by atoms with E-state index in [0.717, 1.165) is 31.7 Å². The van der Waals surface area contributed by atoms with E-state index in [-0.39, 0.29) is 6.10 Å². The van der Waals surface area contributed by atoms with Crippen LogP contribution in [0.5, 0.6) is 0 Å². The summed E-state index contributed by atoms with van der Waals surface area (Å²) in [5, 5.41) is 9.26. The first-order valence-electron chi connectivity index (χ1n) is 4.22. The molecule has 12 heavy (non-hydrogen) atoms. The molecule has 0 unspecified atom stereocenters. The molecule has 1 aliphatic heterocycles. The van der Waals surface area contributed by atoms with Gasteiger partial charge in [-0.05, 0) is 6.42 Å². The van der Waals surface area contributed by atoms with Crippen molar-refractivity contribution in [1.29, 1.82) is 0 Å². The maximum absolute atomic E-state index is 9.26. The first-order valence-corrected chi connectivity index (χ1v) is 4.22. The Kier molecular flexibility index (Phi) is 2.10. The highest BCUT2D eigenvalue weighted by Gasteiger charge is 2.19. The first kappa shape index (κ1) is 7.76. The second kappa shape index (κ2) is 3.25. The minimum absolute atomic E-state index is 0.132. The summed E-state index contributed by atoms with van der Waals surface area (Å²) >= 11 is 0. The number of aliphatic hydroxyl groups excluding tert-OH is 1. The third kappa shape index (κ3) is 1.65. The Morgan fingerprint density at radius 2 is 2.67 bits per heavy atom. The molecule has 0 bridgehead atoms. The molecular weight excluding hydrogens is 154 g/mol. The van der Waals surface area contributed by atoms with Crippen molar-refractivity contribution in [2.45, 2.75) is 19.1 Å². The van der Waals surface area contributed by atoms with Gasteiger partial charge in [0, 0.05) is 31.5 Å². The molecule has 0 spiro atoms. The number of nitrogens with one attached hydrogen (secondary N) is 1. The van der Waals surface area contributed by atoms with Gasteiger partial charge < -0.3 is 10.1 Å². The molecule has 1 atom stereocenters. The van der Waals surface area contributed by atoms with Crippen LogP contribution in [0, 0.1) is 0 Å². The van der Waals surface area contributed by atoms with E-state index in [2.05, 4.69) is 14.9 Å². The predicted octanol–water partition coefficient (Wildman–Crippen LogP) is -0.0237. The summed E-state index contributed by atoms with van der Waals surface area (Å²) in [6.45, 7) is 2.65. The number of H-pyrrole nitrogens is 1. The van der Waals surface area contributed by atoms with Gasteiger partial charge >= 0.3 is 0 Å². The molecule has 4 heteroatoms. The minimum atomic E-state index is -0.132. The smallest absolute Gasteiger partial charge is 0.0922 e. The van der Waals surface area contributed by atoms with E-state index in [1.807, 2.05) is 6.20 Å². The number of β-amino-alcohol motifs (C(OH)–C–C–N with tert-alkyl or cyclic N) is 1. The van der Waals surface area contributed by atoms with Crippen LogP contribution in [0.2, 0.25) is 0 Å². The van der Waals surface area contributed by atoms with Crippen LogP contribution in [0.4, 0.5) is 0 Å². The average molecular weight is 167 g/mol. The summed E-state index contributed by atoms with van der Waals surface area (Å²) in [7, 11) is 0. The zero-order valence-electron chi connectivity index (χ0n) is 6.90. The van der Waals surface area contributed by atoms with Crippen LogP contribution in [-0.4, -0.2) is 39.2 Å². The number of hydrogen-bond acceptors (Lipinski definition) is 3. The van der Waals surface area contributed by atoms with E-state index in [1.54, 1.807) is 6.33 Å². The van der Waals surface area contributed by atoms with Crippen LogP contribution in [0.1, 0.15) is 12.1 Å². The molecular formula is C8H13N3O. The van der Waals surface area contributed by atoms with Crippen molar-refractivity contribution >= 4 is 0 Å². The van der Waals surface area contributed by atoms with E-state index in [4.69, 9.17) is 0 Å². The zero-order valence-corrected chi connectivity index (χ0v) is 6.90. The first-order chi connectivity index (χ1) is 5.84. The van der Waals surface area contributed by atoms with Crippen molar-refractivity contribution in [2.24, 2.45) is 0 Å². The highest BCUT2D eigenvalue weighted by atomic mass is 16.3. The Labute approximate surface area is 71.2 Å². The van der Waals surface area contributed by atoms with Gasteiger partial charge in [-0.15, -0.1) is 0 Å². The maximum atomic E-state index is 9.26. The van der Waals surface area contributed by atoms with Crippen LogP contribution >= 0.6 is 0 Å². The van der Waals surface area contributed by atoms with Crippen LogP contribution in [0.25, 0.3) is 0 Å². The van der Waals surface area contributed by atoms with E-state index < -0.39 is 0 Å². The molecule has 4 nitrogen and oxygen atoms in total. The van der Waals surface area contributed by atoms with Gasteiger partial charge in [-0.3, -0.25) is 4.90 Å². The van der Waals surface area contributed by atoms with E-state index >= 15 is 0 Å². The standard InChI is InChI=1S/C8H13N3O/c12-8-1-2-11(5-8)4-7-3-9-6-10-7/h3,6,8,12H,1-2,4-5H2,(H,9,10)/t8-/m0/s1. The Hall–Kier alpha value is -0.870. The van der Waals surface area contributed by atoms with Gasteiger partial charge in [0.25, 0.3) is 0 Å². The molecule has 1 aliphatic rings. The number of aromatic amines is 1. The van der Waals surface area contributed by atoms with Crippen LogP contribution in [0.3, 0.4) is 0 Å².